The lowest BCUT2D eigenvalue weighted by Gasteiger charge is -2.39. The lowest BCUT2D eigenvalue weighted by molar-refractivity contribution is -0.171. The van der Waals surface area contributed by atoms with E-state index >= 15 is 0 Å². The highest BCUT2D eigenvalue weighted by atomic mass is 35.5. The van der Waals surface area contributed by atoms with E-state index in [0.717, 1.165) is 24.0 Å². The van der Waals surface area contributed by atoms with Crippen LogP contribution >= 0.6 is 11.6 Å². The zero-order chi connectivity index (χ0) is 24.9. The number of H-pyrrole nitrogens is 1. The van der Waals surface area contributed by atoms with Gasteiger partial charge in [0.1, 0.15) is 0 Å². The van der Waals surface area contributed by atoms with Crippen LogP contribution in [0.25, 0.3) is 33.5 Å². The molecule has 0 spiro atoms. The van der Waals surface area contributed by atoms with Crippen molar-refractivity contribution in [2.45, 2.75) is 36.0 Å². The molecular formula is C26H24ClN3O5S. The molecule has 2 aromatic carbocycles. The molecule has 0 amide bonds. The number of pyridine rings is 1. The fourth-order valence-electron chi connectivity index (χ4n) is 4.79. The van der Waals surface area contributed by atoms with Crippen LogP contribution in [0, 0.1) is 0 Å². The topological polar surface area (TPSA) is 103 Å². The zero-order valence-electron chi connectivity index (χ0n) is 19.5. The van der Waals surface area contributed by atoms with Crippen molar-refractivity contribution in [2.24, 2.45) is 0 Å². The molecule has 2 aliphatic heterocycles. The highest BCUT2D eigenvalue weighted by Gasteiger charge is 2.37. The molecule has 0 radical (unpaired) electrons. The second kappa shape index (κ2) is 9.15. The number of imidazole rings is 1. The lowest BCUT2D eigenvalue weighted by Crippen LogP contribution is -2.49. The van der Waals surface area contributed by atoms with E-state index in [0.29, 0.717) is 46.7 Å². The van der Waals surface area contributed by atoms with Crippen molar-refractivity contribution >= 4 is 32.6 Å². The third-order valence-corrected chi connectivity index (χ3v) is 8.04. The van der Waals surface area contributed by atoms with E-state index in [1.54, 1.807) is 24.3 Å². The molecule has 3 atom stereocenters. The van der Waals surface area contributed by atoms with Crippen molar-refractivity contribution in [3.63, 3.8) is 0 Å². The van der Waals surface area contributed by atoms with Gasteiger partial charge in [-0.3, -0.25) is 0 Å². The van der Waals surface area contributed by atoms with Crippen LogP contribution in [0.15, 0.2) is 59.5 Å². The number of nitrogens with one attached hydrogen (secondary N) is 1. The van der Waals surface area contributed by atoms with E-state index in [1.807, 2.05) is 30.3 Å². The third-order valence-electron chi connectivity index (χ3n) is 6.60. The molecule has 36 heavy (non-hydrogen) atoms. The second-order valence-electron chi connectivity index (χ2n) is 9.12. The van der Waals surface area contributed by atoms with Crippen LogP contribution in [-0.4, -0.2) is 61.2 Å². The average molecular weight is 526 g/mol. The molecule has 1 N–H and O–H groups in total. The van der Waals surface area contributed by atoms with Crippen molar-refractivity contribution in [2.75, 3.05) is 19.5 Å². The number of sulfone groups is 1. The van der Waals surface area contributed by atoms with E-state index in [-0.39, 0.29) is 23.2 Å². The molecule has 4 heterocycles. The van der Waals surface area contributed by atoms with Gasteiger partial charge in [-0.1, -0.05) is 54.1 Å². The predicted molar refractivity (Wildman–Crippen MR) is 136 cm³/mol. The molecule has 2 unspecified atom stereocenters. The van der Waals surface area contributed by atoms with Crippen molar-refractivity contribution in [3.05, 3.63) is 59.6 Å². The summed E-state index contributed by atoms with van der Waals surface area (Å²) >= 11 is 6.58. The van der Waals surface area contributed by atoms with Gasteiger partial charge in [0.05, 0.1) is 39.9 Å². The summed E-state index contributed by atoms with van der Waals surface area (Å²) < 4.78 is 42.2. The minimum atomic E-state index is -3.36. The van der Waals surface area contributed by atoms with Gasteiger partial charge < -0.3 is 19.2 Å². The number of ether oxygens (including phenoxy) is 3. The van der Waals surface area contributed by atoms with Gasteiger partial charge in [-0.25, -0.2) is 13.4 Å². The molecule has 2 saturated heterocycles. The van der Waals surface area contributed by atoms with Crippen LogP contribution < -0.4 is 4.74 Å². The Morgan fingerprint density at radius 1 is 1.06 bits per heavy atom. The van der Waals surface area contributed by atoms with Crippen LogP contribution in [-0.2, 0) is 19.3 Å². The standard InChI is InChI=1S/C26H24ClN3O5S/c1-36(31,32)23-5-3-2-4-18(23)15-6-8-16(9-7-15)24-19(27)13-20-25(29-24)30-26(28-20)35-22-14-34-17-10-11-33-21(22)12-17/h2-9,13,17,21-22H,10-12,14H2,1H3,(H,28,29,30)/t17-,21?,22?/m1/s1. The predicted octanol–water partition coefficient (Wildman–Crippen LogP) is 4.67. The van der Waals surface area contributed by atoms with Gasteiger partial charge in [0.15, 0.2) is 21.6 Å². The quantitative estimate of drug-likeness (QED) is 0.403. The summed E-state index contributed by atoms with van der Waals surface area (Å²) in [6.45, 7) is 1.13. The number of hydrogen-bond acceptors (Lipinski definition) is 7. The van der Waals surface area contributed by atoms with Crippen molar-refractivity contribution < 1.29 is 22.6 Å². The van der Waals surface area contributed by atoms with E-state index < -0.39 is 9.84 Å². The Morgan fingerprint density at radius 2 is 1.83 bits per heavy atom. The van der Waals surface area contributed by atoms with Gasteiger partial charge in [-0.15, -0.1) is 0 Å². The van der Waals surface area contributed by atoms with Crippen LogP contribution in [0.5, 0.6) is 6.01 Å². The first-order valence-electron chi connectivity index (χ1n) is 11.7. The number of aromatic nitrogens is 3. The summed E-state index contributed by atoms with van der Waals surface area (Å²) in [6.07, 6.45) is 2.95. The monoisotopic (exact) mass is 525 g/mol. The van der Waals surface area contributed by atoms with Crippen LogP contribution in [0.3, 0.4) is 0 Å². The van der Waals surface area contributed by atoms with Gasteiger partial charge in [0, 0.05) is 30.4 Å². The maximum absolute atomic E-state index is 12.2. The van der Waals surface area contributed by atoms with Crippen molar-refractivity contribution in [3.8, 4) is 28.4 Å². The number of fused-ring (bicyclic) bond motifs is 3. The van der Waals surface area contributed by atoms with Crippen LogP contribution in [0.1, 0.15) is 12.8 Å². The largest absolute Gasteiger partial charge is 0.456 e. The molecular weight excluding hydrogens is 502 g/mol. The van der Waals surface area contributed by atoms with Gasteiger partial charge in [0.2, 0.25) is 0 Å². The first-order chi connectivity index (χ1) is 17.3. The first-order valence-corrected chi connectivity index (χ1v) is 14.0. The van der Waals surface area contributed by atoms with E-state index in [1.165, 1.54) is 6.26 Å². The molecule has 6 rings (SSSR count). The maximum atomic E-state index is 12.2. The number of aromatic amines is 1. The fourth-order valence-corrected chi connectivity index (χ4v) is 5.96. The second-order valence-corrected chi connectivity index (χ2v) is 11.5. The summed E-state index contributed by atoms with van der Waals surface area (Å²) in [4.78, 5) is 12.6. The average Bonchev–Trinajstić information content (AvgIpc) is 3.26. The molecule has 2 aliphatic rings. The Balaban J connectivity index is 1.27. The molecule has 2 bridgehead atoms. The molecule has 186 valence electrons. The van der Waals surface area contributed by atoms with Crippen molar-refractivity contribution in [1.82, 2.24) is 15.0 Å². The SMILES string of the molecule is CS(=O)(=O)c1ccccc1-c1ccc(-c2nc3nc(OC4CO[C@@H]5CCOC4C5)[nH]c3cc2Cl)cc1. The van der Waals surface area contributed by atoms with E-state index in [2.05, 4.69) is 15.0 Å². The molecule has 8 nitrogen and oxygen atoms in total. The number of halogens is 1. The van der Waals surface area contributed by atoms with Gasteiger partial charge in [-0.2, -0.15) is 4.98 Å². The number of nitrogens with zero attached hydrogens (tertiary/aromatic N) is 2. The van der Waals surface area contributed by atoms with Gasteiger partial charge in [0.25, 0.3) is 6.01 Å². The summed E-state index contributed by atoms with van der Waals surface area (Å²) in [5, 5.41) is 0.460. The number of benzene rings is 2. The minimum Gasteiger partial charge on any atom is -0.456 e. The Morgan fingerprint density at radius 3 is 2.64 bits per heavy atom. The Bertz CT molecular complexity index is 1540. The molecule has 0 aliphatic carbocycles. The van der Waals surface area contributed by atoms with E-state index in [9.17, 15) is 8.42 Å². The van der Waals surface area contributed by atoms with Gasteiger partial charge >= 0.3 is 0 Å². The molecule has 10 heteroatoms. The summed E-state index contributed by atoms with van der Waals surface area (Å²) in [6, 6.07) is 16.5. The smallest absolute Gasteiger partial charge is 0.296 e. The van der Waals surface area contributed by atoms with Gasteiger partial charge in [-0.05, 0) is 24.1 Å². The first kappa shape index (κ1) is 23.4. The Labute approximate surface area is 213 Å². The zero-order valence-corrected chi connectivity index (χ0v) is 21.1. The Kier molecular flexibility index (Phi) is 5.95. The molecule has 4 aromatic rings. The highest BCUT2D eigenvalue weighted by Crippen LogP contribution is 2.33. The normalized spacial score (nSPS) is 22.0. The fraction of sp³-hybridized carbons (Fsp3) is 0.308. The Hall–Kier alpha value is -2.98. The molecule has 2 fully saturated rings. The summed E-state index contributed by atoms with van der Waals surface area (Å²) in [7, 11) is -3.36. The van der Waals surface area contributed by atoms with Crippen LogP contribution in [0.4, 0.5) is 0 Å². The molecule has 2 aromatic heterocycles. The van der Waals surface area contributed by atoms with E-state index in [4.69, 9.17) is 25.8 Å². The van der Waals surface area contributed by atoms with Crippen molar-refractivity contribution in [1.29, 1.82) is 0 Å². The molecule has 0 saturated carbocycles. The third kappa shape index (κ3) is 4.48. The summed E-state index contributed by atoms with van der Waals surface area (Å²) in [5.41, 5.74) is 3.94. The minimum absolute atomic E-state index is 0.0100. The highest BCUT2D eigenvalue weighted by molar-refractivity contribution is 7.90. The van der Waals surface area contributed by atoms with Crippen LogP contribution in [0.2, 0.25) is 5.02 Å². The number of hydrogen-bond donors (Lipinski definition) is 1. The lowest BCUT2D eigenvalue weighted by atomic mass is 9.99. The number of rotatable bonds is 5. The summed E-state index contributed by atoms with van der Waals surface area (Å²) in [5.74, 6) is 0. The maximum Gasteiger partial charge on any atom is 0.296 e.